The van der Waals surface area contributed by atoms with Gasteiger partial charge in [-0.05, 0) is 79.3 Å². The number of nitrogens with one attached hydrogen (secondary N) is 1. The minimum absolute atomic E-state index is 0.0421. The fraction of sp³-hybridized carbons (Fsp3) is 0.394. The molecule has 0 radical (unpaired) electrons. The van der Waals surface area contributed by atoms with Crippen molar-refractivity contribution in [1.29, 1.82) is 0 Å². The Bertz CT molecular complexity index is 1610. The largest absolute Gasteiger partial charge is 0.493 e. The van der Waals surface area contributed by atoms with Crippen molar-refractivity contribution in [3.63, 3.8) is 0 Å². The van der Waals surface area contributed by atoms with E-state index < -0.39 is 28.5 Å². The van der Waals surface area contributed by atoms with Crippen molar-refractivity contribution in [2.45, 2.75) is 58.5 Å². The number of hydrogen-bond donors (Lipinski definition) is 1. The molecule has 0 saturated heterocycles. The number of aryl methyl sites for hydroxylation is 2. The lowest BCUT2D eigenvalue weighted by atomic mass is 10.1. The predicted octanol–water partition coefficient (Wildman–Crippen LogP) is 6.40. The lowest BCUT2D eigenvalue weighted by Crippen LogP contribution is -2.52. The van der Waals surface area contributed by atoms with Crippen molar-refractivity contribution >= 4 is 50.7 Å². The molecule has 0 bridgehead atoms. The maximum absolute atomic E-state index is 14.3. The summed E-state index contributed by atoms with van der Waals surface area (Å²) < 4.78 is 40.4. The molecule has 0 spiro atoms. The highest BCUT2D eigenvalue weighted by Crippen LogP contribution is 2.33. The molecule has 3 rings (SSSR count). The predicted molar refractivity (Wildman–Crippen MR) is 179 cm³/mol. The molecule has 0 fully saturated rings. The number of anilines is 1. The van der Waals surface area contributed by atoms with Crippen LogP contribution in [0.4, 0.5) is 5.69 Å². The molecule has 1 atom stereocenters. The van der Waals surface area contributed by atoms with Crippen molar-refractivity contribution < 1.29 is 27.5 Å². The van der Waals surface area contributed by atoms with Gasteiger partial charge in [0.2, 0.25) is 11.8 Å². The Labute approximate surface area is 276 Å². The number of halogens is 2. The van der Waals surface area contributed by atoms with Crippen LogP contribution < -0.4 is 19.1 Å². The number of rotatable bonds is 14. The average Bonchev–Trinajstić information content (AvgIpc) is 2.98. The van der Waals surface area contributed by atoms with E-state index in [1.165, 1.54) is 37.3 Å². The second-order valence-electron chi connectivity index (χ2n) is 11.2. The molecule has 12 heteroatoms. The third kappa shape index (κ3) is 9.05. The zero-order valence-corrected chi connectivity index (χ0v) is 29.0. The number of carbonyl (C=O) groups excluding carboxylic acids is 2. The standard InChI is InChI=1S/C33H41Cl2N3O6S/c1-8-29(33(40)36-18-21(2)3)37(19-24-9-10-25(34)16-28(24)35)32(39)20-38(26-14-22(4)13-23(5)15-26)45(41,42)27-11-12-30(43-6)31(17-27)44-7/h9-17,21,29H,8,18-20H2,1-7H3,(H,36,40). The van der Waals surface area contributed by atoms with Gasteiger partial charge in [-0.25, -0.2) is 8.42 Å². The monoisotopic (exact) mass is 677 g/mol. The number of carbonyl (C=O) groups is 2. The van der Waals surface area contributed by atoms with Gasteiger partial charge in [0.05, 0.1) is 24.8 Å². The summed E-state index contributed by atoms with van der Waals surface area (Å²) in [7, 11) is -1.46. The van der Waals surface area contributed by atoms with Gasteiger partial charge in [0.25, 0.3) is 10.0 Å². The number of amides is 2. The first kappa shape index (κ1) is 36.0. The molecule has 3 aromatic rings. The quantitative estimate of drug-likeness (QED) is 0.212. The normalized spacial score (nSPS) is 12.0. The molecule has 0 aliphatic heterocycles. The van der Waals surface area contributed by atoms with E-state index in [0.717, 1.165) is 15.4 Å². The van der Waals surface area contributed by atoms with Crippen LogP contribution in [0, 0.1) is 19.8 Å². The van der Waals surface area contributed by atoms with Gasteiger partial charge in [-0.3, -0.25) is 13.9 Å². The van der Waals surface area contributed by atoms with Crippen molar-refractivity contribution in [2.75, 3.05) is 31.6 Å². The molecule has 0 aliphatic carbocycles. The minimum Gasteiger partial charge on any atom is -0.493 e. The van der Waals surface area contributed by atoms with Crippen LogP contribution in [0.25, 0.3) is 0 Å². The van der Waals surface area contributed by atoms with Gasteiger partial charge >= 0.3 is 0 Å². The van der Waals surface area contributed by atoms with Gasteiger partial charge in [-0.2, -0.15) is 0 Å². The van der Waals surface area contributed by atoms with E-state index in [0.29, 0.717) is 33.6 Å². The summed E-state index contributed by atoms with van der Waals surface area (Å²) in [6, 6.07) is 13.6. The molecule has 0 aliphatic rings. The number of ether oxygens (including phenoxy) is 2. The summed E-state index contributed by atoms with van der Waals surface area (Å²) >= 11 is 12.6. The zero-order valence-electron chi connectivity index (χ0n) is 26.7. The van der Waals surface area contributed by atoms with E-state index in [-0.39, 0.29) is 35.4 Å². The summed E-state index contributed by atoms with van der Waals surface area (Å²) in [6.07, 6.45) is 0.285. The molecule has 1 unspecified atom stereocenters. The Morgan fingerprint density at radius 2 is 1.56 bits per heavy atom. The summed E-state index contributed by atoms with van der Waals surface area (Å²) in [6.45, 7) is 9.23. The fourth-order valence-electron chi connectivity index (χ4n) is 4.90. The molecule has 0 saturated carbocycles. The first-order valence-corrected chi connectivity index (χ1v) is 16.8. The summed E-state index contributed by atoms with van der Waals surface area (Å²) in [5.41, 5.74) is 2.49. The highest BCUT2D eigenvalue weighted by atomic mass is 35.5. The van der Waals surface area contributed by atoms with Crippen LogP contribution in [0.5, 0.6) is 11.5 Å². The fourth-order valence-corrected chi connectivity index (χ4v) is 6.79. The number of methoxy groups -OCH3 is 2. The first-order valence-electron chi connectivity index (χ1n) is 14.6. The van der Waals surface area contributed by atoms with Crippen molar-refractivity contribution in [3.05, 3.63) is 81.3 Å². The molecule has 1 N–H and O–H groups in total. The molecule has 0 aromatic heterocycles. The maximum atomic E-state index is 14.3. The van der Waals surface area contributed by atoms with Crippen LogP contribution in [0.3, 0.4) is 0 Å². The van der Waals surface area contributed by atoms with Gasteiger partial charge in [0, 0.05) is 29.2 Å². The van der Waals surface area contributed by atoms with E-state index in [9.17, 15) is 18.0 Å². The lowest BCUT2D eigenvalue weighted by molar-refractivity contribution is -0.140. The smallest absolute Gasteiger partial charge is 0.264 e. The van der Waals surface area contributed by atoms with Crippen LogP contribution in [0.1, 0.15) is 43.9 Å². The molecular formula is C33H41Cl2N3O6S. The van der Waals surface area contributed by atoms with Crippen molar-refractivity contribution in [1.82, 2.24) is 10.2 Å². The number of sulfonamides is 1. The van der Waals surface area contributed by atoms with Crippen molar-refractivity contribution in [2.24, 2.45) is 5.92 Å². The second kappa shape index (κ2) is 15.7. The van der Waals surface area contributed by atoms with Gasteiger partial charge in [-0.1, -0.05) is 56.1 Å². The van der Waals surface area contributed by atoms with E-state index in [1.807, 2.05) is 33.8 Å². The SMILES string of the molecule is CCC(C(=O)NCC(C)C)N(Cc1ccc(Cl)cc1Cl)C(=O)CN(c1cc(C)cc(C)c1)S(=O)(=O)c1ccc(OC)c(OC)c1. The Hall–Kier alpha value is -3.47. The molecule has 45 heavy (non-hydrogen) atoms. The average molecular weight is 679 g/mol. The molecule has 0 heterocycles. The van der Waals surface area contributed by atoms with Crippen LogP contribution in [0.15, 0.2) is 59.5 Å². The van der Waals surface area contributed by atoms with Crippen LogP contribution in [-0.4, -0.2) is 58.5 Å². The zero-order chi connectivity index (χ0) is 33.5. The van der Waals surface area contributed by atoms with Crippen LogP contribution >= 0.6 is 23.2 Å². The Balaban J connectivity index is 2.15. The van der Waals surface area contributed by atoms with E-state index in [4.69, 9.17) is 32.7 Å². The van der Waals surface area contributed by atoms with E-state index in [1.54, 1.807) is 37.3 Å². The van der Waals surface area contributed by atoms with Gasteiger partial charge in [0.15, 0.2) is 11.5 Å². The summed E-state index contributed by atoms with van der Waals surface area (Å²) in [5, 5.41) is 3.66. The summed E-state index contributed by atoms with van der Waals surface area (Å²) in [4.78, 5) is 29.1. The molecule has 2 amide bonds. The number of benzene rings is 3. The molecular weight excluding hydrogens is 637 g/mol. The summed E-state index contributed by atoms with van der Waals surface area (Å²) in [5.74, 6) is -0.166. The van der Waals surface area contributed by atoms with E-state index >= 15 is 0 Å². The third-order valence-corrected chi connectivity index (χ3v) is 9.50. The Morgan fingerprint density at radius 1 is 0.911 bits per heavy atom. The van der Waals surface area contributed by atoms with Crippen LogP contribution in [0.2, 0.25) is 10.0 Å². The molecule has 9 nitrogen and oxygen atoms in total. The topological polar surface area (TPSA) is 105 Å². The minimum atomic E-state index is -4.33. The second-order valence-corrected chi connectivity index (χ2v) is 13.9. The maximum Gasteiger partial charge on any atom is 0.264 e. The molecule has 244 valence electrons. The van der Waals surface area contributed by atoms with Gasteiger partial charge in [-0.15, -0.1) is 0 Å². The van der Waals surface area contributed by atoms with Gasteiger partial charge < -0.3 is 19.7 Å². The highest BCUT2D eigenvalue weighted by Gasteiger charge is 2.34. The Morgan fingerprint density at radius 3 is 2.11 bits per heavy atom. The number of nitrogens with zero attached hydrogens (tertiary/aromatic N) is 2. The van der Waals surface area contributed by atoms with Crippen LogP contribution in [-0.2, 0) is 26.2 Å². The number of hydrogen-bond acceptors (Lipinski definition) is 6. The molecule has 3 aromatic carbocycles. The first-order chi connectivity index (χ1) is 21.2. The Kier molecular flexibility index (Phi) is 12.6. The van der Waals surface area contributed by atoms with Gasteiger partial charge in [0.1, 0.15) is 12.6 Å². The lowest BCUT2D eigenvalue weighted by Gasteiger charge is -2.33. The third-order valence-electron chi connectivity index (χ3n) is 7.14. The van der Waals surface area contributed by atoms with Crippen molar-refractivity contribution in [3.8, 4) is 11.5 Å². The van der Waals surface area contributed by atoms with E-state index in [2.05, 4.69) is 5.32 Å². The highest BCUT2D eigenvalue weighted by molar-refractivity contribution is 7.92.